The van der Waals surface area contributed by atoms with E-state index in [0.717, 1.165) is 5.57 Å². The van der Waals surface area contributed by atoms with Gasteiger partial charge in [0, 0.05) is 0 Å². The molecule has 0 bridgehead atoms. The molecule has 2 aliphatic heterocycles. The van der Waals surface area contributed by atoms with Crippen molar-refractivity contribution in [1.82, 2.24) is 0 Å². The quantitative estimate of drug-likeness (QED) is 0.110. The summed E-state index contributed by atoms with van der Waals surface area (Å²) >= 11 is 0. The number of aliphatic hydroxyl groups is 7. The van der Waals surface area contributed by atoms with Crippen molar-refractivity contribution in [3.05, 3.63) is 12.2 Å². The van der Waals surface area contributed by atoms with E-state index in [1.165, 1.54) is 0 Å². The summed E-state index contributed by atoms with van der Waals surface area (Å²) in [5.41, 5.74) is 0.851. The molecular weight excluding hydrogens is 396 g/mol. The lowest BCUT2D eigenvalue weighted by Gasteiger charge is -2.41. The fraction of sp³-hybridized carbons (Fsp3) is 0.882. The first kappa shape index (κ1) is 24.5. The van der Waals surface area contributed by atoms with Crippen molar-refractivity contribution in [3.8, 4) is 0 Å². The fourth-order valence-electron chi connectivity index (χ4n) is 2.86. The molecule has 0 aromatic carbocycles. The Balaban J connectivity index is 1.87. The van der Waals surface area contributed by atoms with Gasteiger partial charge in [0.15, 0.2) is 6.29 Å². The van der Waals surface area contributed by atoms with Gasteiger partial charge in [-0.15, -0.1) is 6.58 Å². The van der Waals surface area contributed by atoms with Crippen LogP contribution in [-0.2, 0) is 24.0 Å². The monoisotopic (exact) mass is 426 g/mol. The van der Waals surface area contributed by atoms with Crippen LogP contribution in [-0.4, -0.2) is 117 Å². The van der Waals surface area contributed by atoms with Gasteiger partial charge in [-0.25, -0.2) is 9.78 Å². The molecule has 12 heteroatoms. The molecule has 12 nitrogen and oxygen atoms in total. The summed E-state index contributed by atoms with van der Waals surface area (Å²) in [5, 5.41) is 68.5. The predicted octanol–water partition coefficient (Wildman–Crippen LogP) is -3.48. The van der Waals surface area contributed by atoms with E-state index < -0.39 is 74.6 Å². The molecule has 0 amide bonds. The van der Waals surface area contributed by atoms with Crippen LogP contribution >= 0.6 is 0 Å². The molecule has 2 rings (SSSR count). The Bertz CT molecular complexity index is 517. The maximum absolute atomic E-state index is 10.1. The Kier molecular flexibility index (Phi) is 9.34. The molecule has 0 spiro atoms. The van der Waals surface area contributed by atoms with Gasteiger partial charge in [-0.05, 0) is 13.3 Å². The second kappa shape index (κ2) is 11.0. The summed E-state index contributed by atoms with van der Waals surface area (Å²) in [7, 11) is 0. The predicted molar refractivity (Wildman–Crippen MR) is 92.9 cm³/mol. The van der Waals surface area contributed by atoms with E-state index in [2.05, 4.69) is 6.58 Å². The van der Waals surface area contributed by atoms with E-state index in [4.69, 9.17) is 29.1 Å². The Morgan fingerprint density at radius 3 is 1.97 bits per heavy atom. The molecule has 0 aromatic rings. The van der Waals surface area contributed by atoms with E-state index in [1.54, 1.807) is 6.92 Å². The van der Waals surface area contributed by atoms with E-state index >= 15 is 0 Å². The normalized spacial score (nSPS) is 43.3. The van der Waals surface area contributed by atoms with Crippen LogP contribution in [0.1, 0.15) is 13.3 Å². The molecular formula is C17H30O12. The molecule has 170 valence electrons. The van der Waals surface area contributed by atoms with Gasteiger partial charge in [0.1, 0.15) is 55.4 Å². The number of hydrogen-bond donors (Lipinski definition) is 7. The first-order valence-corrected chi connectivity index (χ1v) is 9.21. The molecule has 10 atom stereocenters. The van der Waals surface area contributed by atoms with E-state index in [-0.39, 0.29) is 6.61 Å². The topological polar surface area (TPSA) is 188 Å². The van der Waals surface area contributed by atoms with Crippen LogP contribution in [0.2, 0.25) is 0 Å². The number of rotatable bonds is 9. The third-order valence-corrected chi connectivity index (χ3v) is 4.72. The smallest absolute Gasteiger partial charge is 0.220 e. The van der Waals surface area contributed by atoms with Crippen molar-refractivity contribution in [3.63, 3.8) is 0 Å². The highest BCUT2D eigenvalue weighted by atomic mass is 17.2. The maximum Gasteiger partial charge on any atom is 0.220 e. The minimum atomic E-state index is -1.67. The molecule has 0 aliphatic carbocycles. The molecule has 2 saturated heterocycles. The van der Waals surface area contributed by atoms with Crippen LogP contribution in [0.25, 0.3) is 0 Å². The molecule has 2 heterocycles. The molecule has 0 unspecified atom stereocenters. The van der Waals surface area contributed by atoms with Crippen LogP contribution in [0, 0.1) is 0 Å². The van der Waals surface area contributed by atoms with E-state index in [9.17, 15) is 30.6 Å². The zero-order valence-electron chi connectivity index (χ0n) is 16.0. The van der Waals surface area contributed by atoms with Gasteiger partial charge >= 0.3 is 0 Å². The molecule has 29 heavy (non-hydrogen) atoms. The highest BCUT2D eigenvalue weighted by molar-refractivity contribution is 4.91. The Morgan fingerprint density at radius 1 is 0.828 bits per heavy atom. The van der Waals surface area contributed by atoms with Crippen LogP contribution in [0.15, 0.2) is 12.2 Å². The third kappa shape index (κ3) is 6.13. The summed E-state index contributed by atoms with van der Waals surface area (Å²) in [6.07, 6.45) is -14.0. The maximum atomic E-state index is 10.1. The Hall–Kier alpha value is -0.740. The summed E-state index contributed by atoms with van der Waals surface area (Å²) in [6.45, 7) is 4.60. The zero-order chi connectivity index (χ0) is 21.7. The summed E-state index contributed by atoms with van der Waals surface area (Å²) in [4.78, 5) is 9.76. The number of aliphatic hydroxyl groups excluding tert-OH is 7. The summed E-state index contributed by atoms with van der Waals surface area (Å²) in [5.74, 6) is 0. The van der Waals surface area contributed by atoms with Crippen LogP contribution in [0.4, 0.5) is 0 Å². The average Bonchev–Trinajstić information content (AvgIpc) is 2.68. The van der Waals surface area contributed by atoms with Gasteiger partial charge in [0.25, 0.3) is 0 Å². The summed E-state index contributed by atoms with van der Waals surface area (Å²) < 4.78 is 15.9. The molecule has 7 N–H and O–H groups in total. The average molecular weight is 426 g/mol. The Morgan fingerprint density at radius 2 is 1.38 bits per heavy atom. The number of ether oxygens (including phenoxy) is 3. The van der Waals surface area contributed by atoms with Crippen molar-refractivity contribution in [2.75, 3.05) is 19.8 Å². The zero-order valence-corrected chi connectivity index (χ0v) is 16.0. The molecule has 0 radical (unpaired) electrons. The largest absolute Gasteiger partial charge is 0.394 e. The highest BCUT2D eigenvalue weighted by Crippen LogP contribution is 2.25. The lowest BCUT2D eigenvalue weighted by molar-refractivity contribution is -0.436. The van der Waals surface area contributed by atoms with Crippen LogP contribution in [0.3, 0.4) is 0 Å². The second-order valence-electron chi connectivity index (χ2n) is 7.17. The molecule has 2 fully saturated rings. The van der Waals surface area contributed by atoms with Crippen LogP contribution in [0.5, 0.6) is 0 Å². The van der Waals surface area contributed by atoms with Gasteiger partial charge in [-0.2, -0.15) is 0 Å². The first-order valence-electron chi connectivity index (χ1n) is 9.21. The standard InChI is InChI=1S/C17H30O12/c1-7(2)3-4-25-16-14(23)13(22)11(20)9(28-16)6-26-29-17-15(24)12(21)10(19)8(5-18)27-17/h8-24H,1,3-6H2,2H3/t8-,9-,10-,11-,12+,13+,14-,15-,16-,17+/m1/s1. The molecule has 0 saturated carbocycles. The van der Waals surface area contributed by atoms with Crippen molar-refractivity contribution < 1.29 is 59.7 Å². The lowest BCUT2D eigenvalue weighted by Crippen LogP contribution is -2.60. The van der Waals surface area contributed by atoms with Crippen molar-refractivity contribution in [2.24, 2.45) is 0 Å². The second-order valence-corrected chi connectivity index (χ2v) is 7.17. The minimum Gasteiger partial charge on any atom is -0.394 e. The van der Waals surface area contributed by atoms with Gasteiger partial charge in [0.2, 0.25) is 6.29 Å². The third-order valence-electron chi connectivity index (χ3n) is 4.72. The SMILES string of the molecule is C=C(C)CCO[C@@H]1O[C@H](COO[C@@H]2O[C@H](CO)[C@@H](O)[C@H](O)[C@H]2O)[C@@H](O)[C@H](O)[C@H]1O. The molecule has 2 aliphatic rings. The van der Waals surface area contributed by atoms with Crippen molar-refractivity contribution in [2.45, 2.75) is 74.8 Å². The minimum absolute atomic E-state index is 0.175. The number of hydrogen-bond acceptors (Lipinski definition) is 12. The van der Waals surface area contributed by atoms with Crippen molar-refractivity contribution in [1.29, 1.82) is 0 Å². The van der Waals surface area contributed by atoms with Gasteiger partial charge in [-0.3, -0.25) is 0 Å². The van der Waals surface area contributed by atoms with E-state index in [1.807, 2.05) is 0 Å². The van der Waals surface area contributed by atoms with Crippen LogP contribution < -0.4 is 0 Å². The van der Waals surface area contributed by atoms with E-state index in [0.29, 0.717) is 6.42 Å². The Labute approximate surface area is 167 Å². The van der Waals surface area contributed by atoms with Crippen molar-refractivity contribution >= 4 is 0 Å². The first-order chi connectivity index (χ1) is 13.7. The van der Waals surface area contributed by atoms with Gasteiger partial charge in [0.05, 0.1) is 13.2 Å². The molecule has 0 aromatic heterocycles. The van der Waals surface area contributed by atoms with Gasteiger partial charge < -0.3 is 50.0 Å². The van der Waals surface area contributed by atoms with Gasteiger partial charge in [-0.1, -0.05) is 5.57 Å². The lowest BCUT2D eigenvalue weighted by atomic mass is 9.99. The fourth-order valence-corrected chi connectivity index (χ4v) is 2.86. The summed E-state index contributed by atoms with van der Waals surface area (Å²) in [6, 6.07) is 0. The highest BCUT2D eigenvalue weighted by Gasteiger charge is 2.46.